The summed E-state index contributed by atoms with van der Waals surface area (Å²) < 4.78 is 2.61. The summed E-state index contributed by atoms with van der Waals surface area (Å²) in [6.07, 6.45) is 1.93. The van der Waals surface area contributed by atoms with Gasteiger partial charge < -0.3 is 9.47 Å². The predicted octanol–water partition coefficient (Wildman–Crippen LogP) is 2.87. The molecule has 2 heterocycles. The summed E-state index contributed by atoms with van der Waals surface area (Å²) in [6, 6.07) is 0. The molecular formula is C16H26N4OS. The zero-order valence-corrected chi connectivity index (χ0v) is 15.0. The Bertz CT molecular complexity index is 635. The van der Waals surface area contributed by atoms with Gasteiger partial charge in [-0.3, -0.25) is 9.89 Å². The third-order valence-electron chi connectivity index (χ3n) is 6.35. The van der Waals surface area contributed by atoms with Gasteiger partial charge in [0.2, 0.25) is 5.91 Å². The number of likely N-dealkylation sites (tertiary alicyclic amines) is 1. The molecule has 1 saturated carbocycles. The number of rotatable bonds is 2. The second-order valence-corrected chi connectivity index (χ2v) is 8.31. The molecule has 1 aromatic rings. The molecule has 1 aliphatic heterocycles. The van der Waals surface area contributed by atoms with Crippen LogP contribution in [0.25, 0.3) is 0 Å². The Morgan fingerprint density at radius 1 is 1.23 bits per heavy atom. The van der Waals surface area contributed by atoms with Gasteiger partial charge in [-0.2, -0.15) is 5.10 Å². The third-order valence-corrected chi connectivity index (χ3v) is 6.72. The van der Waals surface area contributed by atoms with Crippen LogP contribution in [0.3, 0.4) is 0 Å². The maximum atomic E-state index is 12.8. The minimum absolute atomic E-state index is 0.118. The normalized spacial score (nSPS) is 24.5. The summed E-state index contributed by atoms with van der Waals surface area (Å²) in [5, 5.41) is 7.20. The highest BCUT2D eigenvalue weighted by molar-refractivity contribution is 7.71. The number of piperidine rings is 1. The number of carbonyl (C=O) groups is 1. The van der Waals surface area contributed by atoms with Gasteiger partial charge in [0.25, 0.3) is 0 Å². The molecule has 0 radical (unpaired) electrons. The Morgan fingerprint density at radius 2 is 1.77 bits per heavy atom. The first-order valence-corrected chi connectivity index (χ1v) is 8.49. The maximum Gasteiger partial charge on any atom is 0.226 e. The van der Waals surface area contributed by atoms with Gasteiger partial charge in [0.05, 0.1) is 0 Å². The van der Waals surface area contributed by atoms with Crippen LogP contribution in [0.1, 0.15) is 52.3 Å². The maximum absolute atomic E-state index is 12.8. The molecule has 0 unspecified atom stereocenters. The van der Waals surface area contributed by atoms with Crippen LogP contribution in [0, 0.1) is 21.5 Å². The summed E-state index contributed by atoms with van der Waals surface area (Å²) in [7, 11) is 1.95. The summed E-state index contributed by atoms with van der Waals surface area (Å²) in [5.41, 5.74) is 0.236. The van der Waals surface area contributed by atoms with Crippen molar-refractivity contribution < 1.29 is 4.79 Å². The molecule has 2 fully saturated rings. The van der Waals surface area contributed by atoms with Crippen molar-refractivity contribution in [3.8, 4) is 0 Å². The number of nitrogens with one attached hydrogen (secondary N) is 1. The first-order chi connectivity index (χ1) is 10.2. The fourth-order valence-corrected chi connectivity index (χ4v) is 4.22. The Morgan fingerprint density at radius 3 is 2.18 bits per heavy atom. The quantitative estimate of drug-likeness (QED) is 0.852. The van der Waals surface area contributed by atoms with Crippen LogP contribution in [0.4, 0.5) is 0 Å². The number of aromatic amines is 1. The Hall–Kier alpha value is -1.17. The van der Waals surface area contributed by atoms with E-state index >= 15 is 0 Å². The fourth-order valence-electron chi connectivity index (χ4n) is 4.08. The van der Waals surface area contributed by atoms with Gasteiger partial charge >= 0.3 is 0 Å². The molecule has 0 aromatic carbocycles. The van der Waals surface area contributed by atoms with Gasteiger partial charge in [0.15, 0.2) is 4.77 Å². The molecule has 5 nitrogen and oxygen atoms in total. The van der Waals surface area contributed by atoms with E-state index in [9.17, 15) is 4.79 Å². The van der Waals surface area contributed by atoms with E-state index in [2.05, 4.69) is 42.8 Å². The average Bonchev–Trinajstić information content (AvgIpc) is 2.69. The minimum Gasteiger partial charge on any atom is -0.342 e. The molecular weight excluding hydrogens is 296 g/mol. The second kappa shape index (κ2) is 4.91. The minimum atomic E-state index is 0.118. The smallest absolute Gasteiger partial charge is 0.226 e. The van der Waals surface area contributed by atoms with Crippen molar-refractivity contribution in [3.05, 3.63) is 10.6 Å². The largest absolute Gasteiger partial charge is 0.342 e. The van der Waals surface area contributed by atoms with Gasteiger partial charge in [-0.05, 0) is 35.9 Å². The number of hydrogen-bond acceptors (Lipinski definition) is 3. The first-order valence-electron chi connectivity index (χ1n) is 8.08. The molecule has 3 rings (SSSR count). The van der Waals surface area contributed by atoms with E-state index < -0.39 is 0 Å². The van der Waals surface area contributed by atoms with E-state index in [-0.39, 0.29) is 16.7 Å². The summed E-state index contributed by atoms with van der Waals surface area (Å²) in [6.45, 7) is 10.5. The van der Waals surface area contributed by atoms with Crippen molar-refractivity contribution in [2.45, 2.75) is 46.5 Å². The van der Waals surface area contributed by atoms with Crippen molar-refractivity contribution in [3.63, 3.8) is 0 Å². The number of nitrogens with zero attached hydrogens (tertiary/aromatic N) is 3. The van der Waals surface area contributed by atoms with Crippen LogP contribution in [-0.2, 0) is 11.8 Å². The number of amides is 1. The molecule has 1 amide bonds. The molecule has 0 atom stereocenters. The zero-order valence-electron chi connectivity index (χ0n) is 14.1. The SMILES string of the molecule is Cn1c(C2CCN(C(=O)C3C(C)(C)C3(C)C)CC2)n[nH]c1=S. The molecule has 122 valence electrons. The standard InChI is InChI=1S/C16H26N4OS/c1-15(2)11(16(15,3)4)13(21)20-8-6-10(7-9-20)12-17-18-14(22)19(12)5/h10-11H,6-9H2,1-5H3,(H,18,22). The molecule has 0 spiro atoms. The highest BCUT2D eigenvalue weighted by Crippen LogP contribution is 2.68. The lowest BCUT2D eigenvalue weighted by atomic mass is 9.95. The zero-order chi connectivity index (χ0) is 16.3. The van der Waals surface area contributed by atoms with Crippen molar-refractivity contribution >= 4 is 18.1 Å². The van der Waals surface area contributed by atoms with Crippen molar-refractivity contribution in [2.75, 3.05) is 13.1 Å². The average molecular weight is 322 g/mol. The predicted molar refractivity (Wildman–Crippen MR) is 88.0 cm³/mol. The highest BCUT2D eigenvalue weighted by atomic mass is 32.1. The van der Waals surface area contributed by atoms with Gasteiger partial charge in [0.1, 0.15) is 5.82 Å². The van der Waals surface area contributed by atoms with E-state index in [1.807, 2.05) is 11.6 Å². The molecule has 22 heavy (non-hydrogen) atoms. The van der Waals surface area contributed by atoms with Crippen LogP contribution in [0.15, 0.2) is 0 Å². The van der Waals surface area contributed by atoms with Crippen LogP contribution in [0.2, 0.25) is 0 Å². The second-order valence-electron chi connectivity index (χ2n) is 7.92. The molecule has 2 aliphatic rings. The van der Waals surface area contributed by atoms with Gasteiger partial charge in [-0.1, -0.05) is 27.7 Å². The molecule has 0 bridgehead atoms. The molecule has 6 heteroatoms. The van der Waals surface area contributed by atoms with Crippen molar-refractivity contribution in [1.29, 1.82) is 0 Å². The van der Waals surface area contributed by atoms with E-state index in [0.717, 1.165) is 31.8 Å². The van der Waals surface area contributed by atoms with Gasteiger partial charge in [-0.15, -0.1) is 0 Å². The van der Waals surface area contributed by atoms with Crippen molar-refractivity contribution in [1.82, 2.24) is 19.7 Å². The van der Waals surface area contributed by atoms with Crippen molar-refractivity contribution in [2.24, 2.45) is 23.8 Å². The van der Waals surface area contributed by atoms with Gasteiger partial charge in [0, 0.05) is 32.0 Å². The third kappa shape index (κ3) is 2.14. The lowest BCUT2D eigenvalue weighted by Gasteiger charge is -2.32. The molecule has 1 saturated heterocycles. The van der Waals surface area contributed by atoms with E-state index in [4.69, 9.17) is 12.2 Å². The Kier molecular flexibility index (Phi) is 3.51. The van der Waals surface area contributed by atoms with Crippen LogP contribution >= 0.6 is 12.2 Å². The highest BCUT2D eigenvalue weighted by Gasteiger charge is 2.68. The summed E-state index contributed by atoms with van der Waals surface area (Å²) >= 11 is 5.18. The van der Waals surface area contributed by atoms with Gasteiger partial charge in [-0.25, -0.2) is 0 Å². The monoisotopic (exact) mass is 322 g/mol. The number of carbonyl (C=O) groups excluding carboxylic acids is 1. The Labute approximate surface area is 137 Å². The number of hydrogen-bond donors (Lipinski definition) is 1. The topological polar surface area (TPSA) is 53.9 Å². The molecule has 1 aliphatic carbocycles. The summed E-state index contributed by atoms with van der Waals surface area (Å²) in [4.78, 5) is 14.8. The lowest BCUT2D eigenvalue weighted by molar-refractivity contribution is -0.134. The summed E-state index contributed by atoms with van der Waals surface area (Å²) in [5.74, 6) is 1.91. The van der Waals surface area contributed by atoms with E-state index in [1.54, 1.807) is 0 Å². The first kappa shape index (κ1) is 15.7. The van der Waals surface area contributed by atoms with Crippen LogP contribution in [-0.4, -0.2) is 38.7 Å². The molecule has 1 N–H and O–H groups in total. The Balaban J connectivity index is 1.64. The fraction of sp³-hybridized carbons (Fsp3) is 0.812. The van der Waals surface area contributed by atoms with Crippen LogP contribution in [0.5, 0.6) is 0 Å². The van der Waals surface area contributed by atoms with E-state index in [1.165, 1.54) is 0 Å². The number of aromatic nitrogens is 3. The van der Waals surface area contributed by atoms with E-state index in [0.29, 0.717) is 16.6 Å². The van der Waals surface area contributed by atoms with Crippen LogP contribution < -0.4 is 0 Å². The molecule has 1 aromatic heterocycles. The lowest BCUT2D eigenvalue weighted by Crippen LogP contribution is -2.40. The number of H-pyrrole nitrogens is 1.